The van der Waals surface area contributed by atoms with Gasteiger partial charge in [0.2, 0.25) is 0 Å². The second-order valence-corrected chi connectivity index (χ2v) is 5.21. The largest absolute Gasteiger partial charge is 0.369 e. The number of hydrogen-bond acceptors (Lipinski definition) is 4. The first-order chi connectivity index (χ1) is 8.77. The number of nitrogens with two attached hydrogens (primary N) is 1. The summed E-state index contributed by atoms with van der Waals surface area (Å²) in [5, 5.41) is 4.27. The van der Waals surface area contributed by atoms with Crippen molar-refractivity contribution in [2.24, 2.45) is 10.7 Å². The highest BCUT2D eigenvalue weighted by atomic mass is 32.1. The minimum absolute atomic E-state index is 0.234. The number of rotatable bonds is 2. The topological polar surface area (TPSA) is 41.6 Å². The quantitative estimate of drug-likeness (QED) is 0.898. The highest BCUT2D eigenvalue weighted by molar-refractivity contribution is 7.08. The maximum atomic E-state index is 6.06. The molecule has 92 valence electrons. The molecular weight excluding hydrogens is 242 g/mol. The maximum absolute atomic E-state index is 6.06. The Hall–Kier alpha value is -1.81. The number of nitrogens with zero attached hydrogens (tertiary/aromatic N) is 2. The molecular formula is C14H15N3S. The van der Waals surface area contributed by atoms with Gasteiger partial charge in [-0.15, -0.1) is 0 Å². The highest BCUT2D eigenvalue weighted by Crippen LogP contribution is 2.33. The first-order valence-corrected chi connectivity index (χ1v) is 6.88. The van der Waals surface area contributed by atoms with Crippen molar-refractivity contribution >= 4 is 23.0 Å². The molecule has 3 nitrogen and oxygen atoms in total. The lowest BCUT2D eigenvalue weighted by atomic mass is 10.1. The van der Waals surface area contributed by atoms with Crippen LogP contribution in [0.15, 0.2) is 46.1 Å². The molecule has 1 aromatic heterocycles. The lowest BCUT2D eigenvalue weighted by Gasteiger charge is -2.27. The molecule has 2 N–H and O–H groups in total. The van der Waals surface area contributed by atoms with Gasteiger partial charge in [0.05, 0.1) is 12.6 Å². The van der Waals surface area contributed by atoms with Gasteiger partial charge in [-0.25, -0.2) is 0 Å². The van der Waals surface area contributed by atoms with Crippen LogP contribution >= 0.6 is 11.3 Å². The Labute approximate surface area is 111 Å². The number of thiophene rings is 1. The van der Waals surface area contributed by atoms with Gasteiger partial charge in [-0.3, -0.25) is 4.99 Å². The Kier molecular flexibility index (Phi) is 2.80. The van der Waals surface area contributed by atoms with Crippen LogP contribution in [0.3, 0.4) is 0 Å². The number of benzene rings is 1. The summed E-state index contributed by atoms with van der Waals surface area (Å²) >= 11 is 1.71. The predicted molar refractivity (Wildman–Crippen MR) is 77.2 cm³/mol. The van der Waals surface area contributed by atoms with E-state index in [1.54, 1.807) is 11.3 Å². The Balaban J connectivity index is 2.03. The summed E-state index contributed by atoms with van der Waals surface area (Å²) in [6, 6.07) is 10.7. The molecule has 1 unspecified atom stereocenters. The minimum atomic E-state index is 0.234. The van der Waals surface area contributed by atoms with Crippen molar-refractivity contribution in [1.29, 1.82) is 0 Å². The van der Waals surface area contributed by atoms with E-state index >= 15 is 0 Å². The third kappa shape index (κ3) is 1.78. The Bertz CT molecular complexity index is 574. The van der Waals surface area contributed by atoms with Crippen LogP contribution in [-0.2, 0) is 0 Å². The minimum Gasteiger partial charge on any atom is -0.369 e. The molecule has 3 rings (SSSR count). The molecule has 0 fully saturated rings. The molecule has 0 spiro atoms. The van der Waals surface area contributed by atoms with Gasteiger partial charge in [-0.2, -0.15) is 11.3 Å². The number of aryl methyl sites for hydroxylation is 1. The van der Waals surface area contributed by atoms with E-state index in [0.717, 1.165) is 12.2 Å². The zero-order valence-electron chi connectivity index (χ0n) is 10.2. The number of hydrogen-bond donors (Lipinski definition) is 1. The molecule has 0 aliphatic carbocycles. The first kappa shape index (κ1) is 11.3. The fourth-order valence-corrected chi connectivity index (χ4v) is 3.05. The Morgan fingerprint density at radius 1 is 1.33 bits per heavy atom. The number of guanidine groups is 1. The van der Waals surface area contributed by atoms with Crippen LogP contribution in [0.25, 0.3) is 0 Å². The summed E-state index contributed by atoms with van der Waals surface area (Å²) in [5.74, 6) is 0.612. The molecule has 0 radical (unpaired) electrons. The fraction of sp³-hybridized carbons (Fsp3) is 0.214. The molecule has 2 heterocycles. The van der Waals surface area contributed by atoms with Gasteiger partial charge in [0.25, 0.3) is 0 Å². The average molecular weight is 257 g/mol. The van der Waals surface area contributed by atoms with Crippen LogP contribution in [0.1, 0.15) is 17.2 Å². The van der Waals surface area contributed by atoms with E-state index in [1.165, 1.54) is 11.1 Å². The van der Waals surface area contributed by atoms with Crippen molar-refractivity contribution in [3.8, 4) is 0 Å². The van der Waals surface area contributed by atoms with Gasteiger partial charge >= 0.3 is 0 Å². The van der Waals surface area contributed by atoms with Gasteiger partial charge in [0.1, 0.15) is 0 Å². The van der Waals surface area contributed by atoms with E-state index in [4.69, 9.17) is 5.73 Å². The molecule has 4 heteroatoms. The number of para-hydroxylation sites is 1. The molecule has 1 aromatic carbocycles. The van der Waals surface area contributed by atoms with E-state index in [9.17, 15) is 0 Å². The van der Waals surface area contributed by atoms with E-state index in [2.05, 4.69) is 45.8 Å². The van der Waals surface area contributed by atoms with E-state index < -0.39 is 0 Å². The SMILES string of the molecule is Cc1ccccc1N1C(N)=NCC1c1ccsc1. The molecule has 0 bridgehead atoms. The molecule has 0 saturated heterocycles. The van der Waals surface area contributed by atoms with Crippen molar-refractivity contribution in [2.45, 2.75) is 13.0 Å². The van der Waals surface area contributed by atoms with Crippen LogP contribution in [0.5, 0.6) is 0 Å². The summed E-state index contributed by atoms with van der Waals surface area (Å²) in [6.07, 6.45) is 0. The van der Waals surface area contributed by atoms with Crippen molar-refractivity contribution in [2.75, 3.05) is 11.4 Å². The third-order valence-electron chi connectivity index (χ3n) is 3.29. The molecule has 1 atom stereocenters. The van der Waals surface area contributed by atoms with Crippen LogP contribution in [0, 0.1) is 6.92 Å². The highest BCUT2D eigenvalue weighted by Gasteiger charge is 2.29. The predicted octanol–water partition coefficient (Wildman–Crippen LogP) is 2.93. The lowest BCUT2D eigenvalue weighted by Crippen LogP contribution is -2.36. The second kappa shape index (κ2) is 4.46. The summed E-state index contributed by atoms with van der Waals surface area (Å²) in [5.41, 5.74) is 9.71. The summed E-state index contributed by atoms with van der Waals surface area (Å²) in [6.45, 7) is 2.84. The van der Waals surface area contributed by atoms with Gasteiger partial charge in [0, 0.05) is 5.69 Å². The van der Waals surface area contributed by atoms with Gasteiger partial charge in [-0.1, -0.05) is 18.2 Å². The van der Waals surface area contributed by atoms with Gasteiger partial charge in [0.15, 0.2) is 5.96 Å². The second-order valence-electron chi connectivity index (χ2n) is 4.43. The molecule has 1 aliphatic rings. The van der Waals surface area contributed by atoms with Crippen molar-refractivity contribution in [1.82, 2.24) is 0 Å². The molecule has 18 heavy (non-hydrogen) atoms. The summed E-state index contributed by atoms with van der Waals surface area (Å²) in [4.78, 5) is 6.53. The standard InChI is InChI=1S/C14H15N3S/c1-10-4-2-3-5-12(10)17-13(8-16-14(17)15)11-6-7-18-9-11/h2-7,9,13H,8H2,1H3,(H2,15,16). The zero-order chi connectivity index (χ0) is 12.5. The zero-order valence-corrected chi connectivity index (χ0v) is 11.0. The summed E-state index contributed by atoms with van der Waals surface area (Å²) in [7, 11) is 0. The van der Waals surface area contributed by atoms with Crippen molar-refractivity contribution in [3.63, 3.8) is 0 Å². The average Bonchev–Trinajstić information content (AvgIpc) is 2.99. The first-order valence-electron chi connectivity index (χ1n) is 5.94. The molecule has 0 saturated carbocycles. The van der Waals surface area contributed by atoms with E-state index in [0.29, 0.717) is 5.96 Å². The Morgan fingerprint density at radius 2 is 2.17 bits per heavy atom. The monoisotopic (exact) mass is 257 g/mol. The smallest absolute Gasteiger partial charge is 0.196 e. The molecule has 1 aliphatic heterocycles. The normalized spacial score (nSPS) is 19.1. The lowest BCUT2D eigenvalue weighted by molar-refractivity contribution is 0.770. The van der Waals surface area contributed by atoms with Crippen molar-refractivity contribution in [3.05, 3.63) is 52.2 Å². The van der Waals surface area contributed by atoms with E-state index in [-0.39, 0.29) is 6.04 Å². The van der Waals surface area contributed by atoms with Crippen LogP contribution in [0.2, 0.25) is 0 Å². The molecule has 0 amide bonds. The molecule has 2 aromatic rings. The Morgan fingerprint density at radius 3 is 2.89 bits per heavy atom. The van der Waals surface area contributed by atoms with Crippen LogP contribution < -0.4 is 10.6 Å². The number of anilines is 1. The van der Waals surface area contributed by atoms with Crippen LogP contribution in [-0.4, -0.2) is 12.5 Å². The maximum Gasteiger partial charge on any atom is 0.196 e. The van der Waals surface area contributed by atoms with Crippen molar-refractivity contribution < 1.29 is 0 Å². The third-order valence-corrected chi connectivity index (χ3v) is 3.99. The summed E-state index contributed by atoms with van der Waals surface area (Å²) < 4.78 is 0. The van der Waals surface area contributed by atoms with Crippen LogP contribution in [0.4, 0.5) is 5.69 Å². The van der Waals surface area contributed by atoms with E-state index in [1.807, 2.05) is 12.1 Å². The fourth-order valence-electron chi connectivity index (χ4n) is 2.34. The van der Waals surface area contributed by atoms with Gasteiger partial charge in [-0.05, 0) is 40.9 Å². The van der Waals surface area contributed by atoms with Gasteiger partial charge < -0.3 is 10.6 Å². The number of aliphatic imine (C=N–C) groups is 1.